The lowest BCUT2D eigenvalue weighted by Gasteiger charge is -2.00. The van der Waals surface area contributed by atoms with Crippen LogP contribution in [0, 0.1) is 0 Å². The Morgan fingerprint density at radius 2 is 1.67 bits per heavy atom. The molecule has 2 aromatic rings. The Morgan fingerprint density at radius 3 is 2.17 bits per heavy atom. The number of para-hydroxylation sites is 1. The predicted molar refractivity (Wildman–Crippen MR) is 85.2 cm³/mol. The second-order valence-corrected chi connectivity index (χ2v) is 3.41. The quantitative estimate of drug-likeness (QED) is 0.717. The average molecular weight is 245 g/mol. The summed E-state index contributed by atoms with van der Waals surface area (Å²) in [5, 5.41) is 3.65. The van der Waals surface area contributed by atoms with Crippen LogP contribution in [0.4, 0.5) is 0 Å². The largest absolute Gasteiger partial charge is 0.341 e. The van der Waals surface area contributed by atoms with E-state index < -0.39 is 0 Å². The van der Waals surface area contributed by atoms with Gasteiger partial charge in [0.15, 0.2) is 0 Å². The number of hydrogen-bond donors (Lipinski definition) is 0. The normalized spacial score (nSPS) is 10.4. The van der Waals surface area contributed by atoms with Crippen LogP contribution >= 0.6 is 0 Å². The average Bonchev–Trinajstić information content (AvgIpc) is 2.75. The van der Waals surface area contributed by atoms with E-state index in [2.05, 4.69) is 55.3 Å². The first-order chi connectivity index (χ1) is 8.79. The molecule has 1 heteroatoms. The summed E-state index contributed by atoms with van der Waals surface area (Å²) >= 11 is 0. The first-order valence-corrected chi connectivity index (χ1v) is 7.02. The van der Waals surface area contributed by atoms with Crippen LogP contribution in [0.25, 0.3) is 23.6 Å². The fraction of sp³-hybridized carbons (Fsp3) is 0.412. The van der Waals surface area contributed by atoms with E-state index in [0.29, 0.717) is 0 Å². The lowest BCUT2D eigenvalue weighted by atomic mass is 10.2. The second-order valence-electron chi connectivity index (χ2n) is 3.41. The number of aromatic nitrogens is 1. The van der Waals surface area contributed by atoms with E-state index >= 15 is 0 Å². The molecule has 1 heterocycles. The molecule has 18 heavy (non-hydrogen) atoms. The molecule has 0 saturated carbocycles. The summed E-state index contributed by atoms with van der Waals surface area (Å²) in [6, 6.07) is 8.43. The van der Waals surface area contributed by atoms with Gasteiger partial charge in [-0.05, 0) is 25.1 Å². The van der Waals surface area contributed by atoms with Crippen LogP contribution in [0.15, 0.2) is 24.3 Å². The Bertz CT molecular complexity index is 561. The van der Waals surface area contributed by atoms with Crippen LogP contribution in [0.1, 0.15) is 41.5 Å². The summed E-state index contributed by atoms with van der Waals surface area (Å²) in [7, 11) is 0. The zero-order chi connectivity index (χ0) is 14.1. The first-order valence-electron chi connectivity index (χ1n) is 7.02. The molecule has 0 radical (unpaired) electrons. The number of aryl methyl sites for hydroxylation is 1. The van der Waals surface area contributed by atoms with Crippen molar-refractivity contribution in [1.29, 1.82) is 0 Å². The van der Waals surface area contributed by atoms with Crippen molar-refractivity contribution in [1.82, 2.24) is 4.57 Å². The van der Waals surface area contributed by atoms with Crippen molar-refractivity contribution < 1.29 is 0 Å². The third kappa shape index (κ3) is 3.04. The fourth-order valence-corrected chi connectivity index (χ4v) is 2.07. The van der Waals surface area contributed by atoms with Crippen molar-refractivity contribution in [2.24, 2.45) is 0 Å². The lowest BCUT2D eigenvalue weighted by Crippen LogP contribution is -2.27. The highest BCUT2D eigenvalue weighted by atomic mass is 15.0. The molecule has 0 aliphatic rings. The standard InChI is InChI=1S/C13H15N.2C2H6/c1-4-12-10(3)11-8-6-7-9-13(11)14(12)5-2;2*1-2/h4,6-9H,3,5H2,1-2H3;2*1-2H3/b12-4+;;. The monoisotopic (exact) mass is 245 g/mol. The summed E-state index contributed by atoms with van der Waals surface area (Å²) in [5.74, 6) is 0. The molecule has 100 valence electrons. The van der Waals surface area contributed by atoms with Crippen molar-refractivity contribution >= 4 is 23.6 Å². The van der Waals surface area contributed by atoms with Crippen molar-refractivity contribution in [3.63, 3.8) is 0 Å². The molecule has 0 saturated heterocycles. The van der Waals surface area contributed by atoms with Crippen molar-refractivity contribution in [3.8, 4) is 0 Å². The highest BCUT2D eigenvalue weighted by molar-refractivity contribution is 5.81. The molecule has 0 unspecified atom stereocenters. The number of benzene rings is 1. The molecule has 0 amide bonds. The van der Waals surface area contributed by atoms with Gasteiger partial charge in [0.25, 0.3) is 0 Å². The molecule has 2 rings (SSSR count). The van der Waals surface area contributed by atoms with E-state index in [-0.39, 0.29) is 0 Å². The summed E-state index contributed by atoms with van der Waals surface area (Å²) < 4.78 is 2.30. The van der Waals surface area contributed by atoms with Crippen molar-refractivity contribution in [2.45, 2.75) is 48.1 Å². The minimum absolute atomic E-state index is 0.996. The highest BCUT2D eigenvalue weighted by Crippen LogP contribution is 2.07. The minimum Gasteiger partial charge on any atom is -0.341 e. The summed E-state index contributed by atoms with van der Waals surface area (Å²) in [6.45, 7) is 17.4. The Hall–Kier alpha value is -1.50. The Morgan fingerprint density at radius 1 is 1.11 bits per heavy atom. The zero-order valence-corrected chi connectivity index (χ0v) is 12.7. The third-order valence-electron chi connectivity index (χ3n) is 2.71. The minimum atomic E-state index is 0.996. The van der Waals surface area contributed by atoms with E-state index in [1.54, 1.807) is 0 Å². The summed E-state index contributed by atoms with van der Waals surface area (Å²) in [6.07, 6.45) is 2.13. The number of rotatable bonds is 1. The Labute approximate surface area is 111 Å². The maximum absolute atomic E-state index is 4.14. The first kappa shape index (κ1) is 16.5. The van der Waals surface area contributed by atoms with Gasteiger partial charge in [0.05, 0.1) is 0 Å². The molecular formula is C17H27N. The zero-order valence-electron chi connectivity index (χ0n) is 12.7. The van der Waals surface area contributed by atoms with E-state index in [4.69, 9.17) is 0 Å². The summed E-state index contributed by atoms with van der Waals surface area (Å²) in [5.41, 5.74) is 1.29. The molecule has 0 aliphatic heterocycles. The smallest absolute Gasteiger partial charge is 0.0490 e. The van der Waals surface area contributed by atoms with Crippen LogP contribution in [0.3, 0.4) is 0 Å². The van der Waals surface area contributed by atoms with Gasteiger partial charge in [0.1, 0.15) is 0 Å². The van der Waals surface area contributed by atoms with Crippen LogP contribution < -0.4 is 10.6 Å². The molecule has 0 aliphatic carbocycles. The predicted octanol–water partition coefficient (Wildman–Crippen LogP) is 3.92. The van der Waals surface area contributed by atoms with Gasteiger partial charge in [0.2, 0.25) is 0 Å². The molecule has 1 aromatic heterocycles. The number of nitrogens with zero attached hydrogens (tertiary/aromatic N) is 1. The van der Waals surface area contributed by atoms with Gasteiger partial charge < -0.3 is 4.57 Å². The van der Waals surface area contributed by atoms with Gasteiger partial charge in [-0.1, -0.05) is 58.5 Å². The van der Waals surface area contributed by atoms with E-state index in [1.807, 2.05) is 27.7 Å². The van der Waals surface area contributed by atoms with Crippen LogP contribution in [-0.4, -0.2) is 4.57 Å². The van der Waals surface area contributed by atoms with Crippen molar-refractivity contribution in [2.75, 3.05) is 0 Å². The molecular weight excluding hydrogens is 218 g/mol. The third-order valence-corrected chi connectivity index (χ3v) is 2.71. The number of fused-ring (bicyclic) bond motifs is 1. The van der Waals surface area contributed by atoms with Gasteiger partial charge in [-0.25, -0.2) is 0 Å². The van der Waals surface area contributed by atoms with Gasteiger partial charge in [-0.2, -0.15) is 0 Å². The van der Waals surface area contributed by atoms with Crippen LogP contribution in [0.5, 0.6) is 0 Å². The van der Waals surface area contributed by atoms with Gasteiger partial charge in [-0.15, -0.1) is 0 Å². The second kappa shape index (κ2) is 8.57. The van der Waals surface area contributed by atoms with Gasteiger partial charge in [0, 0.05) is 22.8 Å². The fourth-order valence-electron chi connectivity index (χ4n) is 2.07. The molecule has 0 spiro atoms. The number of hydrogen-bond acceptors (Lipinski definition) is 0. The highest BCUT2D eigenvalue weighted by Gasteiger charge is 2.02. The van der Waals surface area contributed by atoms with Crippen LogP contribution in [-0.2, 0) is 6.54 Å². The van der Waals surface area contributed by atoms with Gasteiger partial charge in [-0.3, -0.25) is 0 Å². The Kier molecular flexibility index (Phi) is 7.86. The summed E-state index contributed by atoms with van der Waals surface area (Å²) in [4.78, 5) is 0. The lowest BCUT2D eigenvalue weighted by molar-refractivity contribution is 0.770. The van der Waals surface area contributed by atoms with Crippen molar-refractivity contribution in [3.05, 3.63) is 34.8 Å². The molecule has 0 N–H and O–H groups in total. The van der Waals surface area contributed by atoms with Gasteiger partial charge >= 0.3 is 0 Å². The maximum Gasteiger partial charge on any atom is 0.0490 e. The van der Waals surface area contributed by atoms with E-state index in [0.717, 1.165) is 11.8 Å². The molecule has 1 aromatic carbocycles. The topological polar surface area (TPSA) is 4.93 Å². The maximum atomic E-state index is 4.14. The molecule has 0 atom stereocenters. The Balaban J connectivity index is 0.000000659. The van der Waals surface area contributed by atoms with Crippen LogP contribution in [0.2, 0.25) is 0 Å². The van der Waals surface area contributed by atoms with E-state index in [1.165, 1.54) is 16.3 Å². The van der Waals surface area contributed by atoms with E-state index in [9.17, 15) is 0 Å². The molecule has 0 fully saturated rings. The SMILES string of the molecule is C=c1/c(=C\C)n(CC)c2ccccc12.CC.CC. The molecule has 0 bridgehead atoms. The molecule has 1 nitrogen and oxygen atoms in total.